The molecule has 1 aliphatic carbocycles. The van der Waals surface area contributed by atoms with Gasteiger partial charge in [0.15, 0.2) is 0 Å². The van der Waals surface area contributed by atoms with Gasteiger partial charge in [0.1, 0.15) is 12.7 Å². The second-order valence-corrected chi connectivity index (χ2v) is 7.82. The summed E-state index contributed by atoms with van der Waals surface area (Å²) in [4.78, 5) is 30.3. The Hall–Kier alpha value is -3.41. The van der Waals surface area contributed by atoms with Crippen LogP contribution < -0.4 is 5.56 Å². The van der Waals surface area contributed by atoms with Crippen LogP contribution in [0.4, 0.5) is 0 Å². The summed E-state index contributed by atoms with van der Waals surface area (Å²) < 4.78 is 6.71. The van der Waals surface area contributed by atoms with Crippen LogP contribution in [0.1, 0.15) is 59.7 Å². The van der Waals surface area contributed by atoms with E-state index in [1.807, 2.05) is 44.2 Å². The van der Waals surface area contributed by atoms with Crippen LogP contribution in [0.3, 0.4) is 0 Å². The lowest BCUT2D eigenvalue weighted by atomic mass is 9.95. The fraction of sp³-hybridized carbons (Fsp3) is 0.320. The Bertz CT molecular complexity index is 1240. The van der Waals surface area contributed by atoms with Gasteiger partial charge < -0.3 is 9.57 Å². The lowest BCUT2D eigenvalue weighted by Gasteiger charge is -2.16. The number of aryl methyl sites for hydroxylation is 1. The molecule has 0 saturated heterocycles. The van der Waals surface area contributed by atoms with E-state index in [0.29, 0.717) is 5.92 Å². The predicted molar refractivity (Wildman–Crippen MR) is 121 cm³/mol. The standard InChI is InChI=1S/C25H26N2O4/c1-5-31-25(29)22-14-21(19-10-11-19)23-15(2)20(12-13-27(23)24(22)28)18-8-6-17(7-9-18)16(3)26-30-4/h6-9,12-14,19H,5,10-11H2,1-4H3. The van der Waals surface area contributed by atoms with Gasteiger partial charge >= 0.3 is 5.97 Å². The summed E-state index contributed by atoms with van der Waals surface area (Å²) in [5.74, 6) is -0.192. The molecule has 6 nitrogen and oxygen atoms in total. The molecule has 1 aromatic carbocycles. The Morgan fingerprint density at radius 3 is 2.52 bits per heavy atom. The van der Waals surface area contributed by atoms with Gasteiger partial charge in [-0.15, -0.1) is 0 Å². The fourth-order valence-corrected chi connectivity index (χ4v) is 4.05. The number of rotatable bonds is 6. The largest absolute Gasteiger partial charge is 0.462 e. The van der Waals surface area contributed by atoms with Crippen molar-refractivity contribution in [2.24, 2.45) is 5.16 Å². The van der Waals surface area contributed by atoms with Crippen LogP contribution in [0.15, 0.2) is 52.5 Å². The van der Waals surface area contributed by atoms with Gasteiger partial charge in [-0.25, -0.2) is 4.79 Å². The minimum absolute atomic E-state index is 0.102. The molecule has 0 amide bonds. The second-order valence-electron chi connectivity index (χ2n) is 7.82. The second kappa shape index (κ2) is 8.38. The maximum absolute atomic E-state index is 13.1. The van der Waals surface area contributed by atoms with E-state index in [9.17, 15) is 9.59 Å². The number of ether oxygens (including phenoxy) is 1. The van der Waals surface area contributed by atoms with Gasteiger partial charge in [0.25, 0.3) is 5.56 Å². The number of hydrogen-bond donors (Lipinski definition) is 0. The van der Waals surface area contributed by atoms with Crippen molar-refractivity contribution in [3.8, 4) is 11.1 Å². The number of hydrogen-bond acceptors (Lipinski definition) is 5. The highest BCUT2D eigenvalue weighted by Gasteiger charge is 2.29. The van der Waals surface area contributed by atoms with E-state index in [4.69, 9.17) is 9.57 Å². The number of aromatic nitrogens is 1. The van der Waals surface area contributed by atoms with Crippen LogP contribution in [0.25, 0.3) is 16.6 Å². The van der Waals surface area contributed by atoms with E-state index in [-0.39, 0.29) is 17.7 Å². The summed E-state index contributed by atoms with van der Waals surface area (Å²) in [5.41, 5.74) is 6.61. The minimum atomic E-state index is -0.561. The molecule has 6 heteroatoms. The molecule has 31 heavy (non-hydrogen) atoms. The Kier molecular flexibility index (Phi) is 5.63. The molecular weight excluding hydrogens is 392 g/mol. The van der Waals surface area contributed by atoms with Gasteiger partial charge in [-0.1, -0.05) is 29.4 Å². The van der Waals surface area contributed by atoms with Crippen molar-refractivity contribution in [2.75, 3.05) is 13.7 Å². The fourth-order valence-electron chi connectivity index (χ4n) is 4.05. The third kappa shape index (κ3) is 3.85. The van der Waals surface area contributed by atoms with Crippen LogP contribution in [-0.2, 0) is 9.57 Å². The first-order valence-corrected chi connectivity index (χ1v) is 10.5. The average Bonchev–Trinajstić information content (AvgIpc) is 3.60. The van der Waals surface area contributed by atoms with Crippen molar-refractivity contribution >= 4 is 17.2 Å². The third-order valence-corrected chi connectivity index (χ3v) is 5.77. The van der Waals surface area contributed by atoms with Crippen LogP contribution in [0, 0.1) is 6.92 Å². The molecule has 0 spiro atoms. The summed E-state index contributed by atoms with van der Waals surface area (Å²) in [6.07, 6.45) is 3.89. The van der Waals surface area contributed by atoms with Crippen LogP contribution in [-0.4, -0.2) is 29.8 Å². The molecule has 0 aliphatic heterocycles. The van der Waals surface area contributed by atoms with Crippen LogP contribution in [0.5, 0.6) is 0 Å². The van der Waals surface area contributed by atoms with Gasteiger partial charge in [-0.2, -0.15) is 0 Å². The quantitative estimate of drug-likeness (QED) is 0.331. The minimum Gasteiger partial charge on any atom is -0.462 e. The first kappa shape index (κ1) is 20.8. The highest BCUT2D eigenvalue weighted by Crippen LogP contribution is 2.43. The molecule has 0 bridgehead atoms. The number of benzene rings is 1. The number of oxime groups is 1. The smallest absolute Gasteiger partial charge is 0.343 e. The van der Waals surface area contributed by atoms with Crippen molar-refractivity contribution in [2.45, 2.75) is 39.5 Å². The Morgan fingerprint density at radius 1 is 1.19 bits per heavy atom. The number of esters is 1. The van der Waals surface area contributed by atoms with E-state index < -0.39 is 5.97 Å². The van der Waals surface area contributed by atoms with Crippen molar-refractivity contribution in [1.82, 2.24) is 4.40 Å². The van der Waals surface area contributed by atoms with Gasteiger partial charge in [0.05, 0.1) is 17.8 Å². The predicted octanol–water partition coefficient (Wildman–Crippen LogP) is 4.70. The van der Waals surface area contributed by atoms with Crippen LogP contribution in [0.2, 0.25) is 0 Å². The average molecular weight is 418 g/mol. The summed E-state index contributed by atoms with van der Waals surface area (Å²) in [6, 6.07) is 11.8. The molecule has 1 fully saturated rings. The summed E-state index contributed by atoms with van der Waals surface area (Å²) in [5, 5.41) is 3.98. The normalized spacial score (nSPS) is 14.0. The number of carbonyl (C=O) groups is 1. The highest BCUT2D eigenvalue weighted by atomic mass is 16.6. The Morgan fingerprint density at radius 2 is 1.90 bits per heavy atom. The number of nitrogens with zero attached hydrogens (tertiary/aromatic N) is 2. The van der Waals surface area contributed by atoms with Crippen molar-refractivity contribution in [1.29, 1.82) is 0 Å². The first-order chi connectivity index (χ1) is 15.0. The maximum atomic E-state index is 13.1. The van der Waals surface area contributed by atoms with E-state index in [2.05, 4.69) is 5.16 Å². The zero-order chi connectivity index (χ0) is 22.1. The number of fused-ring (bicyclic) bond motifs is 1. The summed E-state index contributed by atoms with van der Waals surface area (Å²) in [7, 11) is 1.53. The SMILES string of the molecule is CCOC(=O)c1cc(C2CC2)c2c(C)c(-c3ccc(C(C)=NOC)cc3)ccn2c1=O. The van der Waals surface area contributed by atoms with Gasteiger partial charge in [-0.05, 0) is 79.5 Å². The lowest BCUT2D eigenvalue weighted by molar-refractivity contribution is 0.0524. The van der Waals surface area contributed by atoms with E-state index >= 15 is 0 Å². The Balaban J connectivity index is 1.87. The van der Waals surface area contributed by atoms with Gasteiger partial charge in [0.2, 0.25) is 0 Å². The molecule has 3 aromatic rings. The van der Waals surface area contributed by atoms with E-state index in [1.54, 1.807) is 23.6 Å². The topological polar surface area (TPSA) is 69.4 Å². The molecule has 2 heterocycles. The van der Waals surface area contributed by atoms with E-state index in [1.165, 1.54) is 7.11 Å². The van der Waals surface area contributed by atoms with Crippen molar-refractivity contribution in [3.63, 3.8) is 0 Å². The first-order valence-electron chi connectivity index (χ1n) is 10.5. The lowest BCUT2D eigenvalue weighted by Crippen LogP contribution is -2.25. The number of pyridine rings is 2. The molecule has 0 atom stereocenters. The molecule has 1 aliphatic rings. The molecule has 2 aromatic heterocycles. The van der Waals surface area contributed by atoms with Crippen molar-refractivity contribution < 1.29 is 14.4 Å². The summed E-state index contributed by atoms with van der Waals surface area (Å²) >= 11 is 0. The molecular formula is C25H26N2O4. The van der Waals surface area contributed by atoms with Crippen molar-refractivity contribution in [3.05, 3.63) is 75.2 Å². The molecule has 0 radical (unpaired) electrons. The van der Waals surface area contributed by atoms with Gasteiger partial charge in [-0.3, -0.25) is 9.20 Å². The highest BCUT2D eigenvalue weighted by molar-refractivity contribution is 5.98. The maximum Gasteiger partial charge on any atom is 0.343 e. The molecule has 1 saturated carbocycles. The molecule has 160 valence electrons. The third-order valence-electron chi connectivity index (χ3n) is 5.77. The Labute approximate surface area is 181 Å². The number of carbonyl (C=O) groups excluding carboxylic acids is 1. The molecule has 0 unspecified atom stereocenters. The summed E-state index contributed by atoms with van der Waals surface area (Å²) in [6.45, 7) is 5.91. The van der Waals surface area contributed by atoms with E-state index in [0.717, 1.165) is 51.9 Å². The van der Waals surface area contributed by atoms with Crippen LogP contribution >= 0.6 is 0 Å². The zero-order valence-electron chi connectivity index (χ0n) is 18.3. The van der Waals surface area contributed by atoms with Gasteiger partial charge in [0, 0.05) is 6.20 Å². The molecule has 4 rings (SSSR count). The molecule has 0 N–H and O–H groups in total. The monoisotopic (exact) mass is 418 g/mol. The zero-order valence-corrected chi connectivity index (χ0v) is 18.3.